The molecule has 1 saturated carbocycles. The van der Waals surface area contributed by atoms with Gasteiger partial charge in [-0.05, 0) is 61.8 Å². The topological polar surface area (TPSA) is 99.8 Å². The molecule has 31 heavy (non-hydrogen) atoms. The first-order valence-electron chi connectivity index (χ1n) is 10.6. The van der Waals surface area contributed by atoms with Gasteiger partial charge in [-0.25, -0.2) is 9.97 Å². The van der Waals surface area contributed by atoms with E-state index < -0.39 is 0 Å². The van der Waals surface area contributed by atoms with E-state index >= 15 is 0 Å². The molecule has 1 fully saturated rings. The van der Waals surface area contributed by atoms with Crippen molar-refractivity contribution in [3.63, 3.8) is 0 Å². The summed E-state index contributed by atoms with van der Waals surface area (Å²) in [5, 5.41) is 7.62. The average Bonchev–Trinajstić information content (AvgIpc) is 3.41. The Morgan fingerprint density at radius 1 is 1.19 bits per heavy atom. The third-order valence-corrected chi connectivity index (χ3v) is 8.17. The van der Waals surface area contributed by atoms with Crippen molar-refractivity contribution in [1.82, 2.24) is 20.3 Å². The monoisotopic (exact) mass is 451 g/mol. The van der Waals surface area contributed by atoms with Gasteiger partial charge in [0, 0.05) is 23.0 Å². The van der Waals surface area contributed by atoms with Crippen LogP contribution in [0.1, 0.15) is 29.7 Å². The van der Waals surface area contributed by atoms with Gasteiger partial charge in [-0.3, -0.25) is 9.59 Å². The fourth-order valence-electron chi connectivity index (χ4n) is 4.30. The van der Waals surface area contributed by atoms with Gasteiger partial charge >= 0.3 is 4.87 Å². The molecule has 2 aliphatic carbocycles. The molecule has 0 spiro atoms. The van der Waals surface area contributed by atoms with Crippen LogP contribution < -0.4 is 15.5 Å². The molecule has 7 nitrogen and oxygen atoms in total. The summed E-state index contributed by atoms with van der Waals surface area (Å²) in [6, 6.07) is 5.81. The lowest BCUT2D eigenvalue weighted by molar-refractivity contribution is -0.125. The van der Waals surface area contributed by atoms with Gasteiger partial charge < -0.3 is 15.6 Å². The fraction of sp³-hybridized carbons (Fsp3) is 0.364. The lowest BCUT2D eigenvalue weighted by atomic mass is 9.87. The van der Waals surface area contributed by atoms with E-state index in [4.69, 9.17) is 0 Å². The molecule has 3 heterocycles. The first-order chi connectivity index (χ1) is 15.1. The second-order valence-electron chi connectivity index (χ2n) is 8.38. The highest BCUT2D eigenvalue weighted by molar-refractivity contribution is 7.19. The largest absolute Gasteiger partial charge is 0.356 e. The predicted molar refractivity (Wildman–Crippen MR) is 124 cm³/mol. The Kier molecular flexibility index (Phi) is 4.53. The molecule has 0 saturated heterocycles. The predicted octanol–water partition coefficient (Wildman–Crippen LogP) is 3.97. The molecule has 9 heteroatoms. The number of H-pyrrole nitrogens is 1. The second kappa shape index (κ2) is 7.42. The zero-order valence-corrected chi connectivity index (χ0v) is 18.4. The van der Waals surface area contributed by atoms with E-state index in [0.717, 1.165) is 57.7 Å². The zero-order chi connectivity index (χ0) is 20.9. The molecule has 1 aromatic carbocycles. The Morgan fingerprint density at radius 3 is 2.97 bits per heavy atom. The number of thiazole rings is 1. The average molecular weight is 452 g/mol. The van der Waals surface area contributed by atoms with Crippen LogP contribution in [0.25, 0.3) is 20.4 Å². The molecule has 158 valence electrons. The molecular formula is C22H21N5O2S2. The Labute approximate surface area is 185 Å². The summed E-state index contributed by atoms with van der Waals surface area (Å²) in [6.45, 7) is 0.828. The molecular weight excluding hydrogens is 430 g/mol. The van der Waals surface area contributed by atoms with Crippen molar-refractivity contribution in [2.24, 2.45) is 11.8 Å². The molecule has 6 rings (SSSR count). The number of fused-ring (bicyclic) bond motifs is 4. The van der Waals surface area contributed by atoms with E-state index in [2.05, 4.69) is 25.6 Å². The minimum absolute atomic E-state index is 0.0439. The number of hydrogen-bond donors (Lipinski definition) is 3. The number of carbonyl (C=O) groups excluding carboxylic acids is 1. The number of aryl methyl sites for hydroxylation is 1. The number of amides is 1. The molecule has 3 aromatic heterocycles. The number of carbonyl (C=O) groups is 1. The Bertz CT molecular complexity index is 1370. The van der Waals surface area contributed by atoms with Gasteiger partial charge in [0.1, 0.15) is 17.0 Å². The lowest BCUT2D eigenvalue weighted by Gasteiger charge is -2.21. The summed E-state index contributed by atoms with van der Waals surface area (Å²) in [5.41, 5.74) is 2.99. The normalized spacial score (nSPS) is 18.3. The summed E-state index contributed by atoms with van der Waals surface area (Å²) in [6.07, 6.45) is 6.56. The number of aromatic nitrogens is 3. The molecule has 0 bridgehead atoms. The van der Waals surface area contributed by atoms with E-state index in [1.807, 2.05) is 18.2 Å². The second-order valence-corrected chi connectivity index (χ2v) is 10.5. The quantitative estimate of drug-likeness (QED) is 0.426. The third kappa shape index (κ3) is 3.61. The van der Waals surface area contributed by atoms with Crippen LogP contribution in [-0.4, -0.2) is 27.4 Å². The molecule has 2 aliphatic rings. The first kappa shape index (κ1) is 18.9. The van der Waals surface area contributed by atoms with Gasteiger partial charge in [0.2, 0.25) is 5.91 Å². The SMILES string of the molecule is O=C(NCC1CC1)[C@@H]1CCc2c(sc3ncnc(Nc4ccc5[nH]c(=O)sc5c4)c23)C1. The zero-order valence-electron chi connectivity index (χ0n) is 16.7. The highest BCUT2D eigenvalue weighted by Gasteiger charge is 2.30. The number of hydrogen-bond acceptors (Lipinski definition) is 7. The molecule has 0 aliphatic heterocycles. The molecule has 0 unspecified atom stereocenters. The number of nitrogens with one attached hydrogen (secondary N) is 3. The summed E-state index contributed by atoms with van der Waals surface area (Å²) in [5.74, 6) is 1.71. The molecule has 1 atom stereocenters. The van der Waals surface area contributed by atoms with Crippen LogP contribution in [-0.2, 0) is 17.6 Å². The van der Waals surface area contributed by atoms with Crippen LogP contribution in [0.15, 0.2) is 29.3 Å². The number of benzene rings is 1. The van der Waals surface area contributed by atoms with Crippen LogP contribution in [0.4, 0.5) is 11.5 Å². The number of anilines is 2. The molecule has 1 amide bonds. The van der Waals surface area contributed by atoms with Crippen LogP contribution in [0.3, 0.4) is 0 Å². The Morgan fingerprint density at radius 2 is 2.10 bits per heavy atom. The summed E-state index contributed by atoms with van der Waals surface area (Å²) in [4.78, 5) is 38.2. The van der Waals surface area contributed by atoms with Crippen LogP contribution in [0, 0.1) is 11.8 Å². The smallest absolute Gasteiger partial charge is 0.305 e. The van der Waals surface area contributed by atoms with Crippen molar-refractivity contribution in [2.75, 3.05) is 11.9 Å². The van der Waals surface area contributed by atoms with E-state index in [1.165, 1.54) is 34.6 Å². The third-order valence-electron chi connectivity index (χ3n) is 6.16. The highest BCUT2D eigenvalue weighted by Crippen LogP contribution is 2.40. The van der Waals surface area contributed by atoms with E-state index in [0.29, 0.717) is 5.92 Å². The van der Waals surface area contributed by atoms with E-state index in [9.17, 15) is 9.59 Å². The van der Waals surface area contributed by atoms with Crippen LogP contribution >= 0.6 is 22.7 Å². The fourth-order valence-corrected chi connectivity index (χ4v) is 6.34. The Balaban J connectivity index is 1.28. The standard InChI is InChI=1S/C22H21N5O2S2/c28-20(23-9-11-1-2-11)12-3-5-14-16(7-12)30-21-18(14)19(24-10-25-21)26-13-4-6-15-17(8-13)31-22(29)27-15/h4,6,8,10-12H,1-3,5,7,9H2,(H,23,28)(H,27,29)(H,24,25,26)/t12-/m1/s1. The molecule has 4 aromatic rings. The summed E-state index contributed by atoms with van der Waals surface area (Å²) >= 11 is 2.87. The number of thiophene rings is 1. The lowest BCUT2D eigenvalue weighted by Crippen LogP contribution is -2.34. The van der Waals surface area contributed by atoms with Gasteiger partial charge in [-0.1, -0.05) is 11.3 Å². The van der Waals surface area contributed by atoms with Crippen molar-refractivity contribution in [2.45, 2.75) is 32.1 Å². The molecule has 3 N–H and O–H groups in total. The molecule has 0 radical (unpaired) electrons. The van der Waals surface area contributed by atoms with Crippen LogP contribution in [0.5, 0.6) is 0 Å². The number of rotatable bonds is 5. The minimum atomic E-state index is -0.0563. The van der Waals surface area contributed by atoms with Gasteiger partial charge in [0.25, 0.3) is 0 Å². The maximum absolute atomic E-state index is 12.6. The van der Waals surface area contributed by atoms with E-state index in [-0.39, 0.29) is 16.7 Å². The van der Waals surface area contributed by atoms with Crippen molar-refractivity contribution >= 4 is 60.5 Å². The van der Waals surface area contributed by atoms with Gasteiger partial charge in [-0.15, -0.1) is 11.3 Å². The van der Waals surface area contributed by atoms with Crippen LogP contribution in [0.2, 0.25) is 0 Å². The number of aromatic amines is 1. The van der Waals surface area contributed by atoms with Crippen molar-refractivity contribution in [3.05, 3.63) is 44.6 Å². The van der Waals surface area contributed by atoms with Gasteiger partial charge in [0.15, 0.2) is 0 Å². The maximum atomic E-state index is 12.6. The summed E-state index contributed by atoms with van der Waals surface area (Å²) < 4.78 is 0.910. The van der Waals surface area contributed by atoms with Gasteiger partial charge in [-0.2, -0.15) is 0 Å². The van der Waals surface area contributed by atoms with Crippen molar-refractivity contribution in [3.8, 4) is 0 Å². The highest BCUT2D eigenvalue weighted by atomic mass is 32.1. The van der Waals surface area contributed by atoms with E-state index in [1.54, 1.807) is 17.7 Å². The van der Waals surface area contributed by atoms with Crippen molar-refractivity contribution < 1.29 is 4.79 Å². The maximum Gasteiger partial charge on any atom is 0.305 e. The number of nitrogens with zero attached hydrogens (tertiary/aromatic N) is 2. The van der Waals surface area contributed by atoms with Crippen molar-refractivity contribution in [1.29, 1.82) is 0 Å². The minimum Gasteiger partial charge on any atom is -0.356 e. The first-order valence-corrected chi connectivity index (χ1v) is 12.2. The Hall–Kier alpha value is -2.78. The van der Waals surface area contributed by atoms with Gasteiger partial charge in [0.05, 0.1) is 15.6 Å². The summed E-state index contributed by atoms with van der Waals surface area (Å²) in [7, 11) is 0.